The molecule has 0 heterocycles. The highest BCUT2D eigenvalue weighted by Gasteiger charge is 2.26. The van der Waals surface area contributed by atoms with Crippen molar-refractivity contribution in [2.24, 2.45) is 0 Å². The summed E-state index contributed by atoms with van der Waals surface area (Å²) in [6.45, 7) is 0. The second-order valence-corrected chi connectivity index (χ2v) is 2.15. The van der Waals surface area contributed by atoms with Crippen LogP contribution < -0.4 is 0 Å². The molecule has 0 unspecified atom stereocenters. The summed E-state index contributed by atoms with van der Waals surface area (Å²) >= 11 is 0. The van der Waals surface area contributed by atoms with Crippen LogP contribution in [0.25, 0.3) is 5.53 Å². The van der Waals surface area contributed by atoms with Crippen LogP contribution in [-0.2, 0) is 0 Å². The molecule has 0 spiro atoms. The normalized spacial score (nSPS) is 16.2. The molecule has 0 aromatic heterocycles. The smallest absolute Gasteiger partial charge is 0.302 e. The number of rotatable bonds is 1. The van der Waals surface area contributed by atoms with Crippen molar-refractivity contribution in [3.63, 3.8) is 0 Å². The molecule has 0 radical (unpaired) electrons. The summed E-state index contributed by atoms with van der Waals surface area (Å²) < 4.78 is 12.6. The summed E-state index contributed by atoms with van der Waals surface area (Å²) in [7, 11) is 0. The van der Waals surface area contributed by atoms with Crippen molar-refractivity contribution in [2.75, 3.05) is 0 Å². The predicted octanol–water partition coefficient (Wildman–Crippen LogP) is 1.07. The number of nitrogens with zero attached hydrogens (tertiary/aromatic N) is 3. The topological polar surface area (TPSA) is 79.5 Å². The molecular formula is C6H4FN3O2. The molecule has 12 heavy (non-hydrogen) atoms. The zero-order valence-electron chi connectivity index (χ0n) is 5.90. The Labute approximate surface area is 66.6 Å². The lowest BCUT2D eigenvalue weighted by Crippen LogP contribution is -2.10. The fourth-order valence-electron chi connectivity index (χ4n) is 0.801. The summed E-state index contributed by atoms with van der Waals surface area (Å²) in [5.41, 5.74) is 7.74. The molecule has 62 valence electrons. The van der Waals surface area contributed by atoms with Crippen LogP contribution in [-0.4, -0.2) is 15.4 Å². The quantitative estimate of drug-likeness (QED) is 0.254. The Morgan fingerprint density at radius 2 is 2.33 bits per heavy atom. The maximum atomic E-state index is 12.6. The molecule has 0 saturated carbocycles. The van der Waals surface area contributed by atoms with E-state index in [1.54, 1.807) is 0 Å². The van der Waals surface area contributed by atoms with Crippen molar-refractivity contribution in [1.29, 1.82) is 0 Å². The highest BCUT2D eigenvalue weighted by molar-refractivity contribution is 5.93. The Hall–Kier alpha value is -1.81. The maximum absolute atomic E-state index is 12.6. The Morgan fingerprint density at radius 3 is 2.83 bits per heavy atom. The van der Waals surface area contributed by atoms with E-state index in [-0.39, 0.29) is 12.1 Å². The van der Waals surface area contributed by atoms with Gasteiger partial charge in [0.2, 0.25) is 0 Å². The Kier molecular flexibility index (Phi) is 2.11. The van der Waals surface area contributed by atoms with Crippen LogP contribution in [0.4, 0.5) is 4.39 Å². The van der Waals surface area contributed by atoms with Gasteiger partial charge in [-0.2, -0.15) is 9.18 Å². The third-order valence-corrected chi connectivity index (χ3v) is 1.40. The van der Waals surface area contributed by atoms with Crippen LogP contribution >= 0.6 is 0 Å². The van der Waals surface area contributed by atoms with Crippen LogP contribution in [0.3, 0.4) is 0 Å². The summed E-state index contributed by atoms with van der Waals surface area (Å²) in [4.78, 5) is 12.1. The van der Waals surface area contributed by atoms with Crippen molar-refractivity contribution in [3.05, 3.63) is 39.3 Å². The van der Waals surface area contributed by atoms with E-state index in [0.29, 0.717) is 0 Å². The van der Waals surface area contributed by atoms with Crippen LogP contribution in [0.5, 0.6) is 0 Å². The highest BCUT2D eigenvalue weighted by Crippen LogP contribution is 2.17. The number of nitro groups is 1. The first-order chi connectivity index (χ1) is 5.65. The molecule has 0 aromatic carbocycles. The van der Waals surface area contributed by atoms with E-state index in [1.807, 2.05) is 0 Å². The van der Waals surface area contributed by atoms with Gasteiger partial charge in [-0.3, -0.25) is 10.1 Å². The molecule has 0 aliphatic heterocycles. The lowest BCUT2D eigenvalue weighted by molar-refractivity contribution is -0.428. The molecule has 0 amide bonds. The van der Waals surface area contributed by atoms with Gasteiger partial charge in [0.05, 0.1) is 4.92 Å². The molecule has 5 nitrogen and oxygen atoms in total. The SMILES string of the molecule is [N-]=[N+]=C1C=CC(F)=C([N+](=O)[O-])C1. The van der Waals surface area contributed by atoms with Crippen LogP contribution in [0.1, 0.15) is 6.42 Å². The predicted molar refractivity (Wildman–Crippen MR) is 37.5 cm³/mol. The minimum Gasteiger partial charge on any atom is -0.361 e. The van der Waals surface area contributed by atoms with Crippen molar-refractivity contribution in [2.45, 2.75) is 6.42 Å². The van der Waals surface area contributed by atoms with Crippen molar-refractivity contribution in [3.8, 4) is 0 Å². The summed E-state index contributed by atoms with van der Waals surface area (Å²) in [5.74, 6) is -0.896. The van der Waals surface area contributed by atoms with Gasteiger partial charge in [0.1, 0.15) is 6.42 Å². The molecule has 0 aromatic rings. The highest BCUT2D eigenvalue weighted by atomic mass is 19.1. The molecule has 1 aliphatic rings. The molecule has 0 bridgehead atoms. The fourth-order valence-corrected chi connectivity index (χ4v) is 0.801. The van der Waals surface area contributed by atoms with E-state index in [4.69, 9.17) is 5.53 Å². The van der Waals surface area contributed by atoms with Crippen molar-refractivity contribution >= 4 is 5.71 Å². The van der Waals surface area contributed by atoms with Gasteiger partial charge < -0.3 is 5.53 Å². The average molecular weight is 169 g/mol. The first-order valence-corrected chi connectivity index (χ1v) is 3.07. The van der Waals surface area contributed by atoms with Gasteiger partial charge in [0, 0.05) is 6.08 Å². The second-order valence-electron chi connectivity index (χ2n) is 2.15. The van der Waals surface area contributed by atoms with E-state index in [2.05, 4.69) is 4.79 Å². The van der Waals surface area contributed by atoms with Crippen LogP contribution in [0, 0.1) is 10.1 Å². The van der Waals surface area contributed by atoms with Gasteiger partial charge in [-0.25, -0.2) is 0 Å². The standard InChI is InChI=1S/C6H4FN3O2/c7-5-2-1-4(9-8)3-6(5)10(11)12/h1-2H,3H2. The average Bonchev–Trinajstić information content (AvgIpc) is 2.05. The molecular weight excluding hydrogens is 165 g/mol. The van der Waals surface area contributed by atoms with Gasteiger partial charge in [0.25, 0.3) is 5.70 Å². The maximum Gasteiger partial charge on any atom is 0.302 e. The number of allylic oxidation sites excluding steroid dienone is 4. The molecule has 0 N–H and O–H groups in total. The number of halogens is 1. The van der Waals surface area contributed by atoms with Crippen LogP contribution in [0.15, 0.2) is 23.7 Å². The summed E-state index contributed by atoms with van der Waals surface area (Å²) in [6, 6.07) is 0. The molecule has 1 aliphatic carbocycles. The fraction of sp³-hybridized carbons (Fsp3) is 0.167. The van der Waals surface area contributed by atoms with Gasteiger partial charge in [-0.15, -0.1) is 0 Å². The zero-order valence-corrected chi connectivity index (χ0v) is 5.90. The third-order valence-electron chi connectivity index (χ3n) is 1.40. The molecule has 0 fully saturated rings. The van der Waals surface area contributed by atoms with Gasteiger partial charge in [-0.1, -0.05) is 0 Å². The lowest BCUT2D eigenvalue weighted by Gasteiger charge is -1.97. The van der Waals surface area contributed by atoms with E-state index in [1.165, 1.54) is 6.08 Å². The molecule has 1 rings (SSSR count). The number of hydrogen-bond acceptors (Lipinski definition) is 2. The Bertz CT molecular complexity index is 339. The largest absolute Gasteiger partial charge is 0.361 e. The lowest BCUT2D eigenvalue weighted by atomic mass is 10.1. The van der Waals surface area contributed by atoms with Gasteiger partial charge >= 0.3 is 5.71 Å². The van der Waals surface area contributed by atoms with Gasteiger partial charge in [0.15, 0.2) is 5.83 Å². The van der Waals surface area contributed by atoms with E-state index >= 15 is 0 Å². The zero-order chi connectivity index (χ0) is 9.14. The van der Waals surface area contributed by atoms with E-state index < -0.39 is 16.4 Å². The Morgan fingerprint density at radius 1 is 1.67 bits per heavy atom. The van der Waals surface area contributed by atoms with Gasteiger partial charge in [-0.05, 0) is 6.08 Å². The van der Waals surface area contributed by atoms with Crippen molar-refractivity contribution < 1.29 is 14.1 Å². The minimum atomic E-state index is -0.896. The molecule has 6 heteroatoms. The summed E-state index contributed by atoms with van der Waals surface area (Å²) in [6.07, 6.45) is 1.80. The first-order valence-electron chi connectivity index (χ1n) is 3.07. The van der Waals surface area contributed by atoms with Crippen LogP contribution in [0.2, 0.25) is 0 Å². The molecule has 0 atom stereocenters. The van der Waals surface area contributed by atoms with Crippen molar-refractivity contribution in [1.82, 2.24) is 0 Å². The monoisotopic (exact) mass is 169 g/mol. The minimum absolute atomic E-state index is 0.0723. The number of hydrogen-bond donors (Lipinski definition) is 0. The van der Waals surface area contributed by atoms with E-state index in [0.717, 1.165) is 6.08 Å². The summed E-state index contributed by atoms with van der Waals surface area (Å²) in [5, 5.41) is 10.2. The first kappa shape index (κ1) is 8.29. The third kappa shape index (κ3) is 1.43. The van der Waals surface area contributed by atoms with E-state index in [9.17, 15) is 14.5 Å². The Balaban J connectivity index is 3.06. The molecule has 0 saturated heterocycles. The second kappa shape index (κ2) is 3.06.